The molecule has 0 aromatic carbocycles. The monoisotopic (exact) mass is 257 g/mol. The topological polar surface area (TPSA) is 67.3 Å². The van der Waals surface area contributed by atoms with E-state index in [2.05, 4.69) is 15.3 Å². The number of aliphatic hydroxyl groups is 1. The van der Waals surface area contributed by atoms with E-state index in [1.54, 1.807) is 13.2 Å². The van der Waals surface area contributed by atoms with E-state index in [4.69, 9.17) is 16.3 Å². The van der Waals surface area contributed by atoms with Crippen LogP contribution in [0.4, 0.5) is 5.82 Å². The second kappa shape index (κ2) is 5.16. The molecule has 6 heteroatoms. The van der Waals surface area contributed by atoms with Gasteiger partial charge in [0.15, 0.2) is 5.82 Å². The highest BCUT2D eigenvalue weighted by atomic mass is 35.5. The summed E-state index contributed by atoms with van der Waals surface area (Å²) in [7, 11) is 1.58. The Morgan fingerprint density at radius 1 is 1.53 bits per heavy atom. The Hall–Kier alpha value is -0.910. The lowest BCUT2D eigenvalue weighted by molar-refractivity contribution is -0.0202. The van der Waals surface area contributed by atoms with Crippen LogP contribution < -0.4 is 5.32 Å². The molecule has 1 aromatic heterocycles. The van der Waals surface area contributed by atoms with Crippen molar-refractivity contribution in [2.75, 3.05) is 19.0 Å². The third-order valence-electron chi connectivity index (χ3n) is 2.90. The molecule has 0 amide bonds. The lowest BCUT2D eigenvalue weighted by Gasteiger charge is -2.36. The zero-order valence-electron chi connectivity index (χ0n) is 9.74. The molecule has 1 heterocycles. The zero-order chi connectivity index (χ0) is 12.3. The van der Waals surface area contributed by atoms with E-state index in [0.29, 0.717) is 29.9 Å². The van der Waals surface area contributed by atoms with Crippen LogP contribution in [0, 0.1) is 0 Å². The van der Waals surface area contributed by atoms with Gasteiger partial charge in [-0.1, -0.05) is 11.6 Å². The number of methoxy groups -OCH3 is 1. The molecule has 94 valence electrons. The molecule has 0 unspecified atom stereocenters. The van der Waals surface area contributed by atoms with Crippen LogP contribution in [0.1, 0.15) is 25.1 Å². The molecule has 0 atom stereocenters. The highest BCUT2D eigenvalue weighted by molar-refractivity contribution is 6.29. The van der Waals surface area contributed by atoms with Crippen molar-refractivity contribution in [2.45, 2.75) is 31.5 Å². The fourth-order valence-corrected chi connectivity index (χ4v) is 1.97. The SMILES string of the molecule is COCc1nc(Cl)cc(NCC2(O)CCC2)n1. The summed E-state index contributed by atoms with van der Waals surface area (Å²) in [5, 5.41) is 13.4. The maximum absolute atomic E-state index is 9.95. The van der Waals surface area contributed by atoms with Crippen molar-refractivity contribution in [1.29, 1.82) is 0 Å². The molecule has 1 aliphatic rings. The van der Waals surface area contributed by atoms with Crippen LogP contribution in [0.3, 0.4) is 0 Å². The second-order valence-corrected chi connectivity index (χ2v) is 4.74. The van der Waals surface area contributed by atoms with Gasteiger partial charge in [-0.15, -0.1) is 0 Å². The van der Waals surface area contributed by atoms with Crippen LogP contribution in [-0.4, -0.2) is 34.3 Å². The molecule has 0 spiro atoms. The van der Waals surface area contributed by atoms with Crippen LogP contribution in [0.25, 0.3) is 0 Å². The number of ether oxygens (including phenoxy) is 1. The Kier molecular flexibility index (Phi) is 3.81. The Morgan fingerprint density at radius 2 is 2.29 bits per heavy atom. The summed E-state index contributed by atoms with van der Waals surface area (Å²) in [5.74, 6) is 1.15. The summed E-state index contributed by atoms with van der Waals surface area (Å²) < 4.78 is 4.95. The summed E-state index contributed by atoms with van der Waals surface area (Å²) in [5.41, 5.74) is -0.584. The molecule has 1 aliphatic carbocycles. The van der Waals surface area contributed by atoms with Crippen LogP contribution in [0.15, 0.2) is 6.07 Å². The van der Waals surface area contributed by atoms with Gasteiger partial charge in [0.2, 0.25) is 0 Å². The van der Waals surface area contributed by atoms with E-state index in [9.17, 15) is 5.11 Å². The van der Waals surface area contributed by atoms with Crippen LogP contribution in [0.5, 0.6) is 0 Å². The molecule has 2 rings (SSSR count). The first-order chi connectivity index (χ1) is 8.11. The minimum Gasteiger partial charge on any atom is -0.388 e. The van der Waals surface area contributed by atoms with E-state index in [-0.39, 0.29) is 0 Å². The third-order valence-corrected chi connectivity index (χ3v) is 3.09. The first kappa shape index (κ1) is 12.5. The molecule has 1 fully saturated rings. The Balaban J connectivity index is 1.99. The predicted molar refractivity (Wildman–Crippen MR) is 65.0 cm³/mol. The van der Waals surface area contributed by atoms with Crippen molar-refractivity contribution in [2.24, 2.45) is 0 Å². The average Bonchev–Trinajstić information content (AvgIpc) is 2.23. The third kappa shape index (κ3) is 3.28. The number of halogens is 1. The number of nitrogens with zero attached hydrogens (tertiary/aromatic N) is 2. The van der Waals surface area contributed by atoms with Gasteiger partial charge in [0.25, 0.3) is 0 Å². The molecule has 1 aromatic rings. The summed E-state index contributed by atoms with van der Waals surface area (Å²) in [6, 6.07) is 1.64. The number of anilines is 1. The fourth-order valence-electron chi connectivity index (χ4n) is 1.77. The molecule has 17 heavy (non-hydrogen) atoms. The van der Waals surface area contributed by atoms with Gasteiger partial charge in [-0.3, -0.25) is 0 Å². The van der Waals surface area contributed by atoms with Crippen molar-refractivity contribution in [3.05, 3.63) is 17.0 Å². The van der Waals surface area contributed by atoms with Gasteiger partial charge in [0.05, 0.1) is 5.60 Å². The van der Waals surface area contributed by atoms with Gasteiger partial charge in [-0.2, -0.15) is 0 Å². The molecule has 0 aliphatic heterocycles. The molecule has 0 bridgehead atoms. The lowest BCUT2D eigenvalue weighted by atomic mass is 9.80. The zero-order valence-corrected chi connectivity index (χ0v) is 10.5. The van der Waals surface area contributed by atoms with Crippen LogP contribution in [0.2, 0.25) is 5.15 Å². The highest BCUT2D eigenvalue weighted by Gasteiger charge is 2.34. The summed E-state index contributed by atoms with van der Waals surface area (Å²) in [6.45, 7) is 0.812. The maximum Gasteiger partial charge on any atom is 0.158 e. The number of hydrogen-bond donors (Lipinski definition) is 2. The van der Waals surface area contributed by atoms with Crippen LogP contribution in [-0.2, 0) is 11.3 Å². The minimum absolute atomic E-state index is 0.319. The van der Waals surface area contributed by atoms with E-state index in [1.165, 1.54) is 0 Å². The van der Waals surface area contributed by atoms with E-state index < -0.39 is 5.60 Å². The van der Waals surface area contributed by atoms with Gasteiger partial charge in [0.1, 0.15) is 17.6 Å². The smallest absolute Gasteiger partial charge is 0.158 e. The van der Waals surface area contributed by atoms with Gasteiger partial charge in [0, 0.05) is 19.7 Å². The van der Waals surface area contributed by atoms with Crippen LogP contribution >= 0.6 is 11.6 Å². The van der Waals surface area contributed by atoms with Crippen molar-refractivity contribution in [1.82, 2.24) is 9.97 Å². The van der Waals surface area contributed by atoms with E-state index >= 15 is 0 Å². The van der Waals surface area contributed by atoms with Gasteiger partial charge in [-0.25, -0.2) is 9.97 Å². The number of rotatable bonds is 5. The molecule has 0 saturated heterocycles. The molecule has 5 nitrogen and oxygen atoms in total. The minimum atomic E-state index is -0.584. The largest absolute Gasteiger partial charge is 0.388 e. The molecule has 0 radical (unpaired) electrons. The van der Waals surface area contributed by atoms with Crippen molar-refractivity contribution in [3.8, 4) is 0 Å². The highest BCUT2D eigenvalue weighted by Crippen LogP contribution is 2.31. The number of hydrogen-bond acceptors (Lipinski definition) is 5. The molecule has 1 saturated carbocycles. The van der Waals surface area contributed by atoms with E-state index in [0.717, 1.165) is 19.3 Å². The summed E-state index contributed by atoms with van der Waals surface area (Å²) in [6.07, 6.45) is 2.76. The van der Waals surface area contributed by atoms with Crippen molar-refractivity contribution in [3.63, 3.8) is 0 Å². The maximum atomic E-state index is 9.95. The Morgan fingerprint density at radius 3 is 2.88 bits per heavy atom. The van der Waals surface area contributed by atoms with Crippen molar-refractivity contribution >= 4 is 17.4 Å². The summed E-state index contributed by atoms with van der Waals surface area (Å²) >= 11 is 5.87. The Bertz CT molecular complexity index is 396. The molecule has 2 N–H and O–H groups in total. The standard InChI is InChI=1S/C11H16ClN3O2/c1-17-6-10-14-8(12)5-9(15-10)13-7-11(16)3-2-4-11/h5,16H,2-4,6-7H2,1H3,(H,13,14,15). The second-order valence-electron chi connectivity index (χ2n) is 4.36. The lowest BCUT2D eigenvalue weighted by Crippen LogP contribution is -2.43. The number of nitrogens with one attached hydrogen (secondary N) is 1. The first-order valence-corrected chi connectivity index (χ1v) is 5.98. The summed E-state index contributed by atoms with van der Waals surface area (Å²) in [4.78, 5) is 8.27. The normalized spacial score (nSPS) is 17.6. The van der Waals surface area contributed by atoms with E-state index in [1.807, 2.05) is 0 Å². The fraction of sp³-hybridized carbons (Fsp3) is 0.636. The molecular weight excluding hydrogens is 242 g/mol. The van der Waals surface area contributed by atoms with Crippen molar-refractivity contribution < 1.29 is 9.84 Å². The van der Waals surface area contributed by atoms with Gasteiger partial charge < -0.3 is 15.2 Å². The Labute approximate surface area is 105 Å². The molecular formula is C11H16ClN3O2. The van der Waals surface area contributed by atoms with Gasteiger partial charge >= 0.3 is 0 Å². The average molecular weight is 258 g/mol. The quantitative estimate of drug-likeness (QED) is 0.785. The number of aromatic nitrogens is 2. The predicted octanol–water partition coefficient (Wildman–Crippen LogP) is 1.60. The first-order valence-electron chi connectivity index (χ1n) is 5.60. The van der Waals surface area contributed by atoms with Gasteiger partial charge in [-0.05, 0) is 19.3 Å².